The van der Waals surface area contributed by atoms with Crippen molar-refractivity contribution in [3.05, 3.63) is 66.5 Å². The van der Waals surface area contributed by atoms with E-state index in [1.165, 1.54) is 24.1 Å². The maximum Gasteiger partial charge on any atom is 0.0449 e. The average molecular weight is 253 g/mol. The largest absolute Gasteiger partial charge is 0.324 e. The van der Waals surface area contributed by atoms with Crippen molar-refractivity contribution >= 4 is 5.69 Å². The van der Waals surface area contributed by atoms with Gasteiger partial charge in [-0.25, -0.2) is 0 Å². The first-order chi connectivity index (χ1) is 9.13. The summed E-state index contributed by atoms with van der Waals surface area (Å²) in [4.78, 5) is 2.14. The molecule has 1 heteroatoms. The van der Waals surface area contributed by atoms with E-state index in [-0.39, 0.29) is 5.41 Å². The predicted molar refractivity (Wildman–Crippen MR) is 84.3 cm³/mol. The van der Waals surface area contributed by atoms with Crippen LogP contribution in [0.4, 0.5) is 5.69 Å². The smallest absolute Gasteiger partial charge is 0.0449 e. The summed E-state index contributed by atoms with van der Waals surface area (Å²) in [7, 11) is 0. The average Bonchev–Trinajstić information content (AvgIpc) is 2.68. The second-order valence-corrected chi connectivity index (χ2v) is 5.66. The van der Waals surface area contributed by atoms with E-state index in [0.29, 0.717) is 0 Å². The quantitative estimate of drug-likeness (QED) is 0.715. The van der Waals surface area contributed by atoms with E-state index in [1.807, 2.05) is 12.2 Å². The first kappa shape index (κ1) is 13.7. The molecular formula is C18H23N. The van der Waals surface area contributed by atoms with Crippen LogP contribution < -0.4 is 4.90 Å². The molecule has 1 aliphatic heterocycles. The highest BCUT2D eigenvalue weighted by atomic mass is 15.1. The lowest BCUT2D eigenvalue weighted by Crippen LogP contribution is -2.16. The van der Waals surface area contributed by atoms with E-state index in [1.54, 1.807) is 0 Å². The third kappa shape index (κ3) is 3.37. The number of nitrogens with zero attached hydrogens (tertiary/aromatic N) is 1. The monoisotopic (exact) mass is 253 g/mol. The van der Waals surface area contributed by atoms with Gasteiger partial charge in [-0.1, -0.05) is 51.5 Å². The van der Waals surface area contributed by atoms with Gasteiger partial charge in [0.1, 0.15) is 0 Å². The first-order valence-electron chi connectivity index (χ1n) is 7.04. The molecule has 100 valence electrons. The molecule has 0 unspecified atom stereocenters. The Morgan fingerprint density at radius 2 is 1.47 bits per heavy atom. The second-order valence-electron chi connectivity index (χ2n) is 5.66. The van der Waals surface area contributed by atoms with E-state index in [2.05, 4.69) is 74.5 Å². The Bertz CT molecular complexity index is 473. The fraction of sp³-hybridized carbons (Fsp3) is 0.333. The van der Waals surface area contributed by atoms with Crippen molar-refractivity contribution in [1.29, 1.82) is 0 Å². The van der Waals surface area contributed by atoms with Crippen LogP contribution >= 0.6 is 0 Å². The molecule has 0 spiro atoms. The minimum absolute atomic E-state index is 0.263. The van der Waals surface area contributed by atoms with Crippen LogP contribution in [0.3, 0.4) is 0 Å². The molecule has 19 heavy (non-hydrogen) atoms. The highest BCUT2D eigenvalue weighted by Gasteiger charge is 2.19. The van der Waals surface area contributed by atoms with Gasteiger partial charge < -0.3 is 4.90 Å². The summed E-state index contributed by atoms with van der Waals surface area (Å²) in [5, 5.41) is 0. The van der Waals surface area contributed by atoms with Crippen LogP contribution in [-0.2, 0) is 5.41 Å². The van der Waals surface area contributed by atoms with E-state index >= 15 is 0 Å². The van der Waals surface area contributed by atoms with Gasteiger partial charge in [0.05, 0.1) is 0 Å². The van der Waals surface area contributed by atoms with E-state index in [0.717, 1.165) is 0 Å². The molecule has 1 heterocycles. The molecule has 1 aromatic carbocycles. The molecule has 0 fully saturated rings. The molecule has 1 aromatic rings. The molecule has 2 rings (SSSR count). The van der Waals surface area contributed by atoms with Crippen LogP contribution in [0.15, 0.2) is 61.0 Å². The van der Waals surface area contributed by atoms with Crippen molar-refractivity contribution in [2.24, 2.45) is 0 Å². The molecule has 0 radical (unpaired) electrons. The van der Waals surface area contributed by atoms with Gasteiger partial charge in [0, 0.05) is 18.1 Å². The summed E-state index contributed by atoms with van der Waals surface area (Å²) in [5.41, 5.74) is 2.88. The Morgan fingerprint density at radius 1 is 0.895 bits per heavy atom. The molecule has 0 saturated heterocycles. The zero-order valence-corrected chi connectivity index (χ0v) is 12.1. The molecule has 0 atom stereocenters. The van der Waals surface area contributed by atoms with Gasteiger partial charge in [-0.2, -0.15) is 0 Å². The van der Waals surface area contributed by atoms with Crippen molar-refractivity contribution in [1.82, 2.24) is 0 Å². The van der Waals surface area contributed by atoms with Crippen LogP contribution in [0.25, 0.3) is 0 Å². The molecule has 0 aliphatic carbocycles. The molecule has 0 bridgehead atoms. The summed E-state index contributed by atoms with van der Waals surface area (Å²) in [6.45, 7) is 6.89. The standard InChI is InChI=1S/C18H23N/c1-4-13-18(2,3)16-9-11-17(12-10-16)19-14-7-5-6-8-15-19/h5-12,14-15H,4,13H2,1-3H3. The Hall–Kier alpha value is -1.76. The maximum atomic E-state index is 2.32. The summed E-state index contributed by atoms with van der Waals surface area (Å²) in [5.74, 6) is 0. The van der Waals surface area contributed by atoms with Gasteiger partial charge in [0.2, 0.25) is 0 Å². The van der Waals surface area contributed by atoms with Crippen molar-refractivity contribution in [2.45, 2.75) is 39.0 Å². The first-order valence-corrected chi connectivity index (χ1v) is 7.04. The topological polar surface area (TPSA) is 3.24 Å². The molecule has 0 saturated carbocycles. The normalized spacial score (nSPS) is 14.8. The highest BCUT2D eigenvalue weighted by Crippen LogP contribution is 2.30. The number of anilines is 1. The van der Waals surface area contributed by atoms with Gasteiger partial charge >= 0.3 is 0 Å². The maximum absolute atomic E-state index is 2.32. The summed E-state index contributed by atoms with van der Waals surface area (Å²) in [6, 6.07) is 8.91. The van der Waals surface area contributed by atoms with Crippen molar-refractivity contribution in [3.8, 4) is 0 Å². The number of hydrogen-bond acceptors (Lipinski definition) is 1. The van der Waals surface area contributed by atoms with E-state index < -0.39 is 0 Å². The lowest BCUT2D eigenvalue weighted by atomic mass is 9.81. The number of rotatable bonds is 4. The van der Waals surface area contributed by atoms with Gasteiger partial charge in [-0.15, -0.1) is 0 Å². The van der Waals surface area contributed by atoms with E-state index in [4.69, 9.17) is 0 Å². The SMILES string of the molecule is CCCC(C)(C)c1ccc(N2C=CC=CC=C2)cc1. The summed E-state index contributed by atoms with van der Waals surface area (Å²) >= 11 is 0. The Labute approximate surface area is 116 Å². The molecular weight excluding hydrogens is 230 g/mol. The van der Waals surface area contributed by atoms with Crippen LogP contribution in [0, 0.1) is 0 Å². The number of hydrogen-bond donors (Lipinski definition) is 0. The fourth-order valence-electron chi connectivity index (χ4n) is 2.49. The van der Waals surface area contributed by atoms with Crippen LogP contribution in [0.1, 0.15) is 39.2 Å². The van der Waals surface area contributed by atoms with E-state index in [9.17, 15) is 0 Å². The number of benzene rings is 1. The van der Waals surface area contributed by atoms with Gasteiger partial charge in [0.15, 0.2) is 0 Å². The highest BCUT2D eigenvalue weighted by molar-refractivity contribution is 5.54. The van der Waals surface area contributed by atoms with Crippen LogP contribution in [0.5, 0.6) is 0 Å². The van der Waals surface area contributed by atoms with Crippen molar-refractivity contribution in [2.75, 3.05) is 4.90 Å². The third-order valence-corrected chi connectivity index (χ3v) is 3.65. The van der Waals surface area contributed by atoms with Crippen molar-refractivity contribution < 1.29 is 0 Å². The minimum Gasteiger partial charge on any atom is -0.324 e. The fourth-order valence-corrected chi connectivity index (χ4v) is 2.49. The van der Waals surface area contributed by atoms with Gasteiger partial charge in [-0.3, -0.25) is 0 Å². The zero-order valence-electron chi connectivity index (χ0n) is 12.1. The summed E-state index contributed by atoms with van der Waals surface area (Å²) < 4.78 is 0. The third-order valence-electron chi connectivity index (χ3n) is 3.65. The summed E-state index contributed by atoms with van der Waals surface area (Å²) in [6.07, 6.45) is 14.8. The lowest BCUT2D eigenvalue weighted by Gasteiger charge is -2.25. The van der Waals surface area contributed by atoms with Gasteiger partial charge in [-0.05, 0) is 41.7 Å². The lowest BCUT2D eigenvalue weighted by molar-refractivity contribution is 0.473. The van der Waals surface area contributed by atoms with Crippen LogP contribution in [0.2, 0.25) is 0 Å². The van der Waals surface area contributed by atoms with Crippen molar-refractivity contribution in [3.63, 3.8) is 0 Å². The molecule has 0 N–H and O–H groups in total. The Kier molecular flexibility index (Phi) is 4.26. The zero-order chi connectivity index (χ0) is 13.7. The molecule has 1 nitrogen and oxygen atoms in total. The number of allylic oxidation sites excluding steroid dienone is 4. The molecule has 0 amide bonds. The minimum atomic E-state index is 0.263. The molecule has 0 aromatic heterocycles. The molecule has 1 aliphatic rings. The predicted octanol–water partition coefficient (Wildman–Crippen LogP) is 5.17. The van der Waals surface area contributed by atoms with Gasteiger partial charge in [0.25, 0.3) is 0 Å². The van der Waals surface area contributed by atoms with Crippen LogP contribution in [-0.4, -0.2) is 0 Å². The Morgan fingerprint density at radius 3 is 2.00 bits per heavy atom. The second kappa shape index (κ2) is 5.92. The Balaban J connectivity index is 2.19.